The van der Waals surface area contributed by atoms with Crippen molar-refractivity contribution in [1.29, 1.82) is 0 Å². The zero-order valence-electron chi connectivity index (χ0n) is 18.7. The van der Waals surface area contributed by atoms with Crippen LogP contribution in [0.3, 0.4) is 0 Å². The molecule has 182 valence electrons. The number of aryl methyl sites for hydroxylation is 2. The van der Waals surface area contributed by atoms with E-state index < -0.39 is 41.4 Å². The fourth-order valence-electron chi connectivity index (χ4n) is 3.65. The van der Waals surface area contributed by atoms with Crippen molar-refractivity contribution in [3.8, 4) is 12.3 Å². The topological polar surface area (TPSA) is 82.6 Å². The van der Waals surface area contributed by atoms with Crippen molar-refractivity contribution in [2.45, 2.75) is 51.8 Å². The average Bonchev–Trinajstić information content (AvgIpc) is 3.15. The number of benzene rings is 1. The van der Waals surface area contributed by atoms with Crippen LogP contribution in [0, 0.1) is 33.1 Å². The van der Waals surface area contributed by atoms with E-state index >= 15 is 0 Å². The van der Waals surface area contributed by atoms with Crippen molar-refractivity contribution in [2.24, 2.45) is 0 Å². The van der Waals surface area contributed by atoms with E-state index in [-0.39, 0.29) is 24.7 Å². The monoisotopic (exact) mass is 496 g/mol. The number of rotatable bonds is 6. The van der Waals surface area contributed by atoms with E-state index in [1.165, 1.54) is 0 Å². The van der Waals surface area contributed by atoms with Crippen LogP contribution in [0.2, 0.25) is 0 Å². The number of hydrogen-bond donors (Lipinski definition) is 1. The van der Waals surface area contributed by atoms with Gasteiger partial charge in [0.05, 0.1) is 6.10 Å². The SMILES string of the molecule is C#CCO[C@H]1C[C@H](n2cc(C(F)(F)F)c(=O)[nH]c2=O)O[C@@H]1COC(=S)c1cc(C)c(C)c(C)c1. The van der Waals surface area contributed by atoms with Crippen molar-refractivity contribution in [2.75, 3.05) is 13.2 Å². The van der Waals surface area contributed by atoms with E-state index in [2.05, 4.69) is 5.92 Å². The van der Waals surface area contributed by atoms with Crippen LogP contribution in [0.15, 0.2) is 27.9 Å². The van der Waals surface area contributed by atoms with E-state index in [9.17, 15) is 22.8 Å². The van der Waals surface area contributed by atoms with E-state index in [1.807, 2.05) is 32.9 Å². The second-order valence-corrected chi connectivity index (χ2v) is 8.33. The minimum absolute atomic E-state index is 0.00840. The van der Waals surface area contributed by atoms with Gasteiger partial charge in [-0.05, 0) is 61.8 Å². The second kappa shape index (κ2) is 10.1. The standard InChI is InChI=1S/C23H23F3N2O5S/c1-5-6-31-17-9-19(28-10-16(23(24,25)26)20(29)27-22(28)30)33-18(17)11-32-21(34)15-7-12(2)14(4)13(3)8-15/h1,7-8,10,17-19H,6,9,11H2,2-4H3,(H,27,29,30)/t17-,18+,19+/m0/s1. The second-order valence-electron chi connectivity index (χ2n) is 7.96. The van der Waals surface area contributed by atoms with Gasteiger partial charge in [-0.25, -0.2) is 4.79 Å². The first kappa shape index (κ1) is 25.7. The van der Waals surface area contributed by atoms with Gasteiger partial charge in [0, 0.05) is 18.2 Å². The number of nitrogens with zero attached hydrogens (tertiary/aromatic N) is 1. The van der Waals surface area contributed by atoms with Gasteiger partial charge in [0.15, 0.2) is 5.05 Å². The molecule has 1 saturated heterocycles. The van der Waals surface area contributed by atoms with Gasteiger partial charge in [-0.1, -0.05) is 5.92 Å². The maximum Gasteiger partial charge on any atom is 0.423 e. The minimum Gasteiger partial charge on any atom is -0.480 e. The Morgan fingerprint density at radius 1 is 1.29 bits per heavy atom. The molecular formula is C23H23F3N2O5S. The summed E-state index contributed by atoms with van der Waals surface area (Å²) in [5.74, 6) is 2.32. The molecule has 2 heterocycles. The highest BCUT2D eigenvalue weighted by Gasteiger charge is 2.40. The Balaban J connectivity index is 1.81. The summed E-state index contributed by atoms with van der Waals surface area (Å²) in [7, 11) is 0. The van der Waals surface area contributed by atoms with Gasteiger partial charge in [-0.15, -0.1) is 6.42 Å². The minimum atomic E-state index is -4.94. The third kappa shape index (κ3) is 5.58. The summed E-state index contributed by atoms with van der Waals surface area (Å²) in [5, 5.41) is 0.217. The van der Waals surface area contributed by atoms with Crippen molar-refractivity contribution in [1.82, 2.24) is 9.55 Å². The highest BCUT2D eigenvalue weighted by atomic mass is 32.1. The highest BCUT2D eigenvalue weighted by Crippen LogP contribution is 2.32. The summed E-state index contributed by atoms with van der Waals surface area (Å²) < 4.78 is 57.3. The quantitative estimate of drug-likeness (QED) is 0.489. The molecule has 2 aromatic rings. The molecule has 34 heavy (non-hydrogen) atoms. The van der Waals surface area contributed by atoms with E-state index in [4.69, 9.17) is 32.9 Å². The third-order valence-corrected chi connectivity index (χ3v) is 6.04. The fourth-order valence-corrected chi connectivity index (χ4v) is 3.83. The molecule has 7 nitrogen and oxygen atoms in total. The molecule has 1 aromatic carbocycles. The number of terminal acetylenes is 1. The number of alkyl halides is 3. The summed E-state index contributed by atoms with van der Waals surface area (Å²) >= 11 is 5.39. The first-order valence-corrected chi connectivity index (χ1v) is 10.7. The molecular weight excluding hydrogens is 473 g/mol. The lowest BCUT2D eigenvalue weighted by molar-refractivity contribution is -0.139. The number of nitrogens with one attached hydrogen (secondary N) is 1. The molecule has 0 aliphatic carbocycles. The number of H-pyrrole nitrogens is 1. The van der Waals surface area contributed by atoms with Crippen LogP contribution < -0.4 is 11.2 Å². The van der Waals surface area contributed by atoms with E-state index in [0.29, 0.717) is 16.3 Å². The Morgan fingerprint density at radius 3 is 2.53 bits per heavy atom. The molecule has 0 radical (unpaired) electrons. The molecule has 3 atom stereocenters. The van der Waals surface area contributed by atoms with Gasteiger partial charge >= 0.3 is 11.9 Å². The largest absolute Gasteiger partial charge is 0.480 e. The van der Waals surface area contributed by atoms with E-state index in [1.54, 1.807) is 4.98 Å². The van der Waals surface area contributed by atoms with Crippen molar-refractivity contribution in [3.63, 3.8) is 0 Å². The molecule has 1 aliphatic rings. The number of ether oxygens (including phenoxy) is 3. The van der Waals surface area contributed by atoms with Crippen molar-refractivity contribution in [3.05, 3.63) is 67.0 Å². The molecule has 1 fully saturated rings. The van der Waals surface area contributed by atoms with Gasteiger partial charge in [-0.3, -0.25) is 14.3 Å². The summed E-state index contributed by atoms with van der Waals surface area (Å²) in [6, 6.07) is 3.79. The maximum atomic E-state index is 13.2. The first-order chi connectivity index (χ1) is 15.9. The van der Waals surface area contributed by atoms with Crippen LogP contribution in [0.25, 0.3) is 0 Å². The molecule has 3 rings (SSSR count). The molecule has 0 unspecified atom stereocenters. The molecule has 0 amide bonds. The van der Waals surface area contributed by atoms with Crippen LogP contribution in [0.4, 0.5) is 13.2 Å². The lowest BCUT2D eigenvalue weighted by Gasteiger charge is -2.19. The van der Waals surface area contributed by atoms with Gasteiger partial charge in [0.25, 0.3) is 5.56 Å². The molecule has 1 N–H and O–H groups in total. The molecule has 1 aliphatic heterocycles. The number of thiocarbonyl (C=S) groups is 1. The van der Waals surface area contributed by atoms with Gasteiger partial charge in [-0.2, -0.15) is 13.2 Å². The lowest BCUT2D eigenvalue weighted by Crippen LogP contribution is -2.36. The Hall–Kier alpha value is -2.94. The number of halogens is 3. The van der Waals surface area contributed by atoms with Crippen LogP contribution in [0.5, 0.6) is 0 Å². The Labute approximate surface area is 198 Å². The normalized spacial score (nSPS) is 20.2. The highest BCUT2D eigenvalue weighted by molar-refractivity contribution is 7.80. The van der Waals surface area contributed by atoms with Gasteiger partial charge in [0.1, 0.15) is 31.1 Å². The molecule has 0 spiro atoms. The molecule has 0 saturated carbocycles. The number of hydrogen-bond acceptors (Lipinski definition) is 6. The summed E-state index contributed by atoms with van der Waals surface area (Å²) in [5.41, 5.74) is -0.138. The molecule has 0 bridgehead atoms. The van der Waals surface area contributed by atoms with Gasteiger partial charge in [0.2, 0.25) is 0 Å². The van der Waals surface area contributed by atoms with Crippen LogP contribution in [-0.2, 0) is 20.4 Å². The smallest absolute Gasteiger partial charge is 0.423 e. The average molecular weight is 497 g/mol. The Morgan fingerprint density at radius 2 is 1.94 bits per heavy atom. The first-order valence-electron chi connectivity index (χ1n) is 10.3. The predicted octanol–water partition coefficient (Wildman–Crippen LogP) is 3.18. The van der Waals surface area contributed by atoms with Gasteiger partial charge < -0.3 is 14.2 Å². The number of aromatic nitrogens is 2. The van der Waals surface area contributed by atoms with E-state index in [0.717, 1.165) is 16.7 Å². The Bertz CT molecular complexity index is 1220. The zero-order chi connectivity index (χ0) is 25.2. The third-order valence-electron chi connectivity index (χ3n) is 5.69. The predicted molar refractivity (Wildman–Crippen MR) is 122 cm³/mol. The van der Waals surface area contributed by atoms with Crippen molar-refractivity contribution < 1.29 is 27.4 Å². The maximum absolute atomic E-state index is 13.2. The summed E-state index contributed by atoms with van der Waals surface area (Å²) in [6.07, 6.45) is -1.84. The molecule has 1 aromatic heterocycles. The van der Waals surface area contributed by atoms with Crippen LogP contribution >= 0.6 is 12.2 Å². The fraction of sp³-hybridized carbons (Fsp3) is 0.435. The summed E-state index contributed by atoms with van der Waals surface area (Å²) in [4.78, 5) is 25.5. The Kier molecular flexibility index (Phi) is 7.65. The lowest BCUT2D eigenvalue weighted by atomic mass is 10.0. The molecule has 11 heteroatoms. The van der Waals surface area contributed by atoms with Crippen LogP contribution in [-0.4, -0.2) is 40.0 Å². The van der Waals surface area contributed by atoms with Crippen molar-refractivity contribution >= 4 is 17.3 Å². The number of aromatic amines is 1. The van der Waals surface area contributed by atoms with Crippen LogP contribution in [0.1, 0.15) is 40.5 Å². The summed E-state index contributed by atoms with van der Waals surface area (Å²) in [6.45, 7) is 5.76. The zero-order valence-corrected chi connectivity index (χ0v) is 19.5.